The molecule has 1 aromatic carbocycles. The molecule has 6 nitrogen and oxygen atoms in total. The van der Waals surface area contributed by atoms with E-state index in [1.807, 2.05) is 19.2 Å². The number of nitrogens with zero attached hydrogens (tertiary/aromatic N) is 2. The number of hydrogen-bond donors (Lipinski definition) is 1. The van der Waals surface area contributed by atoms with E-state index < -0.39 is 10.0 Å². The smallest absolute Gasteiger partial charge is 0.208 e. The Kier molecular flexibility index (Phi) is 6.68. The maximum atomic E-state index is 11.5. The SMILES string of the molecule is Cc1ccn([C@@H](CNS(C)(=O)=O)CO[C@H]2CC[C@@H](c3ccccc3)CC2)n1. The van der Waals surface area contributed by atoms with Gasteiger partial charge in [-0.1, -0.05) is 30.3 Å². The number of ether oxygens (including phenoxy) is 1. The minimum Gasteiger partial charge on any atom is -0.376 e. The van der Waals surface area contributed by atoms with Crippen molar-refractivity contribution in [3.63, 3.8) is 0 Å². The number of hydrogen-bond acceptors (Lipinski definition) is 4. The van der Waals surface area contributed by atoms with Gasteiger partial charge in [-0.15, -0.1) is 0 Å². The lowest BCUT2D eigenvalue weighted by molar-refractivity contribution is 0.00605. The summed E-state index contributed by atoms with van der Waals surface area (Å²) in [6.07, 6.45) is 7.59. The van der Waals surface area contributed by atoms with Crippen molar-refractivity contribution in [2.45, 2.75) is 50.7 Å². The lowest BCUT2D eigenvalue weighted by Crippen LogP contribution is -2.34. The first-order valence-electron chi connectivity index (χ1n) is 9.53. The third-order valence-electron chi connectivity index (χ3n) is 5.17. The zero-order valence-corrected chi connectivity index (χ0v) is 16.9. The fourth-order valence-electron chi connectivity index (χ4n) is 3.65. The Labute approximate surface area is 162 Å². The summed E-state index contributed by atoms with van der Waals surface area (Å²) < 4.78 is 33.5. The fraction of sp³-hybridized carbons (Fsp3) is 0.550. The van der Waals surface area contributed by atoms with Gasteiger partial charge in [-0.25, -0.2) is 13.1 Å². The number of aryl methyl sites for hydroxylation is 1. The van der Waals surface area contributed by atoms with Crippen LogP contribution in [0, 0.1) is 6.92 Å². The van der Waals surface area contributed by atoms with Crippen molar-refractivity contribution in [3.05, 3.63) is 53.9 Å². The average molecular weight is 392 g/mol. The third kappa shape index (κ3) is 6.16. The molecular weight excluding hydrogens is 362 g/mol. The van der Waals surface area contributed by atoms with Gasteiger partial charge in [-0.3, -0.25) is 4.68 Å². The van der Waals surface area contributed by atoms with Crippen LogP contribution in [0.3, 0.4) is 0 Å². The molecule has 1 aliphatic rings. The van der Waals surface area contributed by atoms with Crippen LogP contribution < -0.4 is 4.72 Å². The van der Waals surface area contributed by atoms with E-state index in [0.717, 1.165) is 31.4 Å². The van der Waals surface area contributed by atoms with E-state index in [0.29, 0.717) is 12.5 Å². The van der Waals surface area contributed by atoms with Crippen molar-refractivity contribution >= 4 is 10.0 Å². The molecule has 1 aromatic heterocycles. The minimum absolute atomic E-state index is 0.153. The second kappa shape index (κ2) is 8.99. The Bertz CT molecular complexity index is 812. The molecule has 1 heterocycles. The predicted molar refractivity (Wildman–Crippen MR) is 106 cm³/mol. The van der Waals surface area contributed by atoms with Crippen LogP contribution in [-0.4, -0.2) is 43.7 Å². The molecule has 7 heteroatoms. The quantitative estimate of drug-likeness (QED) is 0.751. The van der Waals surface area contributed by atoms with Crippen LogP contribution in [0.2, 0.25) is 0 Å². The first-order chi connectivity index (χ1) is 12.9. The summed E-state index contributed by atoms with van der Waals surface area (Å²) in [5.41, 5.74) is 2.32. The van der Waals surface area contributed by atoms with Gasteiger partial charge in [0.25, 0.3) is 0 Å². The highest BCUT2D eigenvalue weighted by atomic mass is 32.2. The summed E-state index contributed by atoms with van der Waals surface area (Å²) >= 11 is 0. The van der Waals surface area contributed by atoms with Gasteiger partial charge in [0.2, 0.25) is 10.0 Å². The highest BCUT2D eigenvalue weighted by molar-refractivity contribution is 7.88. The summed E-state index contributed by atoms with van der Waals surface area (Å²) in [6.45, 7) is 2.65. The molecule has 2 aromatic rings. The molecule has 0 aliphatic heterocycles. The Morgan fingerprint density at radius 1 is 1.19 bits per heavy atom. The van der Waals surface area contributed by atoms with Gasteiger partial charge in [0.05, 0.1) is 30.7 Å². The first-order valence-corrected chi connectivity index (χ1v) is 11.4. The van der Waals surface area contributed by atoms with E-state index in [4.69, 9.17) is 4.74 Å². The topological polar surface area (TPSA) is 73.2 Å². The van der Waals surface area contributed by atoms with Gasteiger partial charge >= 0.3 is 0 Å². The molecule has 1 saturated carbocycles. The van der Waals surface area contributed by atoms with Gasteiger partial charge in [0, 0.05) is 12.7 Å². The largest absolute Gasteiger partial charge is 0.376 e. The van der Waals surface area contributed by atoms with E-state index in [1.165, 1.54) is 11.8 Å². The number of rotatable bonds is 8. The number of aromatic nitrogens is 2. The summed E-state index contributed by atoms with van der Waals surface area (Å²) in [5.74, 6) is 0.613. The number of benzene rings is 1. The normalized spacial score (nSPS) is 21.9. The molecule has 0 radical (unpaired) electrons. The number of nitrogens with one attached hydrogen (secondary N) is 1. The molecule has 0 saturated heterocycles. The van der Waals surface area contributed by atoms with Crippen LogP contribution in [0.25, 0.3) is 0 Å². The maximum Gasteiger partial charge on any atom is 0.208 e. The zero-order chi connectivity index (χ0) is 19.3. The lowest BCUT2D eigenvalue weighted by atomic mass is 9.83. The monoisotopic (exact) mass is 391 g/mol. The molecule has 1 atom stereocenters. The third-order valence-corrected chi connectivity index (χ3v) is 5.86. The van der Waals surface area contributed by atoms with E-state index in [9.17, 15) is 8.42 Å². The fourth-order valence-corrected chi connectivity index (χ4v) is 4.14. The maximum absolute atomic E-state index is 11.5. The standard InChI is InChI=1S/C20H29N3O3S/c1-16-12-13-23(22-16)19(14-21-27(2,24)25)15-26-20-10-8-18(9-11-20)17-6-4-3-5-7-17/h3-7,12-13,18-21H,8-11,14-15H2,1-2H3/t18-,19-,20+/m0/s1. The second-order valence-electron chi connectivity index (χ2n) is 7.43. The van der Waals surface area contributed by atoms with Crippen molar-refractivity contribution < 1.29 is 13.2 Å². The van der Waals surface area contributed by atoms with Crippen molar-refractivity contribution in [1.82, 2.24) is 14.5 Å². The molecule has 1 N–H and O–H groups in total. The summed E-state index contributed by atoms with van der Waals surface area (Å²) in [7, 11) is -3.25. The van der Waals surface area contributed by atoms with Crippen molar-refractivity contribution in [2.75, 3.05) is 19.4 Å². The predicted octanol–water partition coefficient (Wildman–Crippen LogP) is 3.02. The molecule has 1 fully saturated rings. The van der Waals surface area contributed by atoms with Gasteiger partial charge in [0.1, 0.15) is 0 Å². The first kappa shape index (κ1) is 20.0. The molecule has 148 valence electrons. The van der Waals surface area contributed by atoms with Gasteiger partial charge in [-0.05, 0) is 50.2 Å². The van der Waals surface area contributed by atoms with E-state index in [2.05, 4.69) is 40.2 Å². The van der Waals surface area contributed by atoms with Crippen LogP contribution in [0.4, 0.5) is 0 Å². The Balaban J connectivity index is 1.53. The summed E-state index contributed by atoms with van der Waals surface area (Å²) in [5, 5.41) is 4.43. The summed E-state index contributed by atoms with van der Waals surface area (Å²) in [4.78, 5) is 0. The Hall–Kier alpha value is -1.70. The lowest BCUT2D eigenvalue weighted by Gasteiger charge is -2.30. The van der Waals surface area contributed by atoms with E-state index >= 15 is 0 Å². The average Bonchev–Trinajstić information content (AvgIpc) is 3.08. The molecule has 0 unspecified atom stereocenters. The van der Waals surface area contributed by atoms with Gasteiger partial charge in [0.15, 0.2) is 0 Å². The van der Waals surface area contributed by atoms with Crippen LogP contribution in [0.1, 0.15) is 48.9 Å². The van der Waals surface area contributed by atoms with Crippen LogP contribution in [0.15, 0.2) is 42.6 Å². The summed E-state index contributed by atoms with van der Waals surface area (Å²) in [6, 6.07) is 12.4. The molecular formula is C20H29N3O3S. The molecule has 0 amide bonds. The Morgan fingerprint density at radius 2 is 1.89 bits per heavy atom. The van der Waals surface area contributed by atoms with Crippen molar-refractivity contribution in [3.8, 4) is 0 Å². The molecule has 3 rings (SSSR count). The minimum atomic E-state index is -3.25. The number of sulfonamides is 1. The van der Waals surface area contributed by atoms with Crippen LogP contribution in [-0.2, 0) is 14.8 Å². The van der Waals surface area contributed by atoms with Gasteiger partial charge in [-0.2, -0.15) is 5.10 Å². The molecule has 0 spiro atoms. The second-order valence-corrected chi connectivity index (χ2v) is 9.26. The van der Waals surface area contributed by atoms with Crippen LogP contribution >= 0.6 is 0 Å². The van der Waals surface area contributed by atoms with Crippen LogP contribution in [0.5, 0.6) is 0 Å². The highest BCUT2D eigenvalue weighted by Gasteiger charge is 2.24. The highest BCUT2D eigenvalue weighted by Crippen LogP contribution is 2.34. The molecule has 1 aliphatic carbocycles. The molecule has 0 bridgehead atoms. The van der Waals surface area contributed by atoms with Gasteiger partial charge < -0.3 is 4.74 Å². The zero-order valence-electron chi connectivity index (χ0n) is 16.0. The van der Waals surface area contributed by atoms with Crippen molar-refractivity contribution in [2.24, 2.45) is 0 Å². The van der Waals surface area contributed by atoms with E-state index in [1.54, 1.807) is 4.68 Å². The van der Waals surface area contributed by atoms with Crippen molar-refractivity contribution in [1.29, 1.82) is 0 Å². The van der Waals surface area contributed by atoms with E-state index in [-0.39, 0.29) is 18.7 Å². The molecule has 27 heavy (non-hydrogen) atoms. The Morgan fingerprint density at radius 3 is 2.48 bits per heavy atom.